The van der Waals surface area contributed by atoms with Crippen LogP contribution in [0.4, 0.5) is 4.79 Å². The first-order valence-corrected chi connectivity index (χ1v) is 10.6. The number of hydrogen-bond donors (Lipinski definition) is 1. The number of hydrogen-bond acceptors (Lipinski definition) is 4. The van der Waals surface area contributed by atoms with Crippen molar-refractivity contribution < 1.29 is 17.9 Å². The minimum Gasteiger partial charge on any atom is -0.380 e. The van der Waals surface area contributed by atoms with Gasteiger partial charge in [0.05, 0.1) is 17.1 Å². The molecule has 25 heavy (non-hydrogen) atoms. The fourth-order valence-electron chi connectivity index (χ4n) is 4.60. The molecule has 1 unspecified atom stereocenters. The highest BCUT2D eigenvalue weighted by Crippen LogP contribution is 2.36. The van der Waals surface area contributed by atoms with E-state index >= 15 is 0 Å². The fraction of sp³-hybridized carbons (Fsp3) is 0.611. The monoisotopic (exact) mass is 364 g/mol. The van der Waals surface area contributed by atoms with Crippen molar-refractivity contribution in [2.75, 3.05) is 32.5 Å². The molecule has 1 N–H and O–H groups in total. The van der Waals surface area contributed by atoms with E-state index in [1.165, 1.54) is 11.1 Å². The summed E-state index contributed by atoms with van der Waals surface area (Å²) >= 11 is 0. The minimum atomic E-state index is -3.17. The van der Waals surface area contributed by atoms with Gasteiger partial charge in [-0.2, -0.15) is 0 Å². The van der Waals surface area contributed by atoms with Crippen LogP contribution in [0.2, 0.25) is 0 Å². The Balaban J connectivity index is 1.37. The molecular formula is C18H24N2O4S. The highest BCUT2D eigenvalue weighted by Gasteiger charge is 2.53. The Labute approximate surface area is 148 Å². The van der Waals surface area contributed by atoms with E-state index in [1.807, 2.05) is 6.07 Å². The predicted octanol–water partition coefficient (Wildman–Crippen LogP) is 1.17. The smallest absolute Gasteiger partial charge is 0.317 e. The number of nitrogens with zero attached hydrogens (tertiary/aromatic N) is 1. The molecule has 136 valence electrons. The summed E-state index contributed by atoms with van der Waals surface area (Å²) in [5.41, 5.74) is 2.69. The molecule has 2 amide bonds. The zero-order valence-electron chi connectivity index (χ0n) is 14.3. The molecule has 6 nitrogen and oxygen atoms in total. The third kappa shape index (κ3) is 2.93. The number of ether oxygens (including phenoxy) is 1. The van der Waals surface area contributed by atoms with Crippen LogP contribution in [0, 0.1) is 5.92 Å². The molecule has 3 aliphatic rings. The Hall–Kier alpha value is -1.60. The summed E-state index contributed by atoms with van der Waals surface area (Å²) in [5, 5.41) is 2.53. The summed E-state index contributed by atoms with van der Waals surface area (Å²) in [6.07, 6.45) is 1.80. The highest BCUT2D eigenvalue weighted by atomic mass is 32.2. The zero-order valence-corrected chi connectivity index (χ0v) is 15.2. The van der Waals surface area contributed by atoms with E-state index in [-0.39, 0.29) is 30.4 Å². The zero-order chi connectivity index (χ0) is 17.6. The average molecular weight is 364 g/mol. The van der Waals surface area contributed by atoms with E-state index in [1.54, 1.807) is 12.0 Å². The van der Waals surface area contributed by atoms with Gasteiger partial charge in [-0.05, 0) is 24.0 Å². The topological polar surface area (TPSA) is 75.7 Å². The van der Waals surface area contributed by atoms with Crippen LogP contribution < -0.4 is 5.32 Å². The Kier molecular flexibility index (Phi) is 4.24. The number of benzene rings is 1. The molecule has 0 bridgehead atoms. The van der Waals surface area contributed by atoms with Crippen molar-refractivity contribution in [1.82, 2.24) is 10.2 Å². The number of methoxy groups -OCH3 is 1. The lowest BCUT2D eigenvalue weighted by atomic mass is 10.0. The molecule has 0 spiro atoms. The molecule has 0 saturated carbocycles. The molecule has 1 aliphatic carbocycles. The summed E-state index contributed by atoms with van der Waals surface area (Å²) in [4.78, 5) is 14.2. The second kappa shape index (κ2) is 6.29. The summed E-state index contributed by atoms with van der Waals surface area (Å²) < 4.78 is 29.8. The summed E-state index contributed by atoms with van der Waals surface area (Å²) in [6.45, 7) is 1.33. The van der Waals surface area contributed by atoms with Gasteiger partial charge in [-0.3, -0.25) is 0 Å². The van der Waals surface area contributed by atoms with Crippen molar-refractivity contribution >= 4 is 15.9 Å². The maximum absolute atomic E-state index is 12.5. The molecular weight excluding hydrogens is 340 g/mol. The first kappa shape index (κ1) is 16.8. The normalized spacial score (nSPS) is 32.4. The van der Waals surface area contributed by atoms with Gasteiger partial charge in [0.25, 0.3) is 0 Å². The molecule has 2 saturated heterocycles. The van der Waals surface area contributed by atoms with Crippen molar-refractivity contribution in [3.63, 3.8) is 0 Å². The Morgan fingerprint density at radius 1 is 1.32 bits per heavy atom. The maximum atomic E-state index is 12.5. The summed E-state index contributed by atoms with van der Waals surface area (Å²) in [7, 11) is -1.62. The summed E-state index contributed by atoms with van der Waals surface area (Å²) in [5.74, 6) is 0.318. The number of fused-ring (bicyclic) bond motifs is 2. The van der Waals surface area contributed by atoms with Crippen LogP contribution >= 0.6 is 0 Å². The van der Waals surface area contributed by atoms with Gasteiger partial charge >= 0.3 is 6.03 Å². The van der Waals surface area contributed by atoms with Crippen LogP contribution in [0.25, 0.3) is 0 Å². The van der Waals surface area contributed by atoms with Crippen molar-refractivity contribution in [3.8, 4) is 0 Å². The molecule has 0 aromatic heterocycles. The minimum absolute atomic E-state index is 0.0765. The molecule has 4 atom stereocenters. The quantitative estimate of drug-likeness (QED) is 0.874. The lowest BCUT2D eigenvalue weighted by Gasteiger charge is -2.21. The number of amides is 2. The first-order chi connectivity index (χ1) is 12.0. The van der Waals surface area contributed by atoms with E-state index in [2.05, 4.69) is 23.5 Å². The second-order valence-corrected chi connectivity index (χ2v) is 9.60. The first-order valence-electron chi connectivity index (χ1n) is 8.84. The SMILES string of the molecule is CO[C@@H]1CS(=O)(=O)[C@H]2CN(C(=O)NCC3CCc4ccccc43)C[C@@H]12. The molecule has 4 rings (SSSR count). The van der Waals surface area contributed by atoms with Gasteiger partial charge < -0.3 is 15.0 Å². The number of nitrogens with one attached hydrogen (secondary N) is 1. The van der Waals surface area contributed by atoms with Crippen LogP contribution in [0.3, 0.4) is 0 Å². The van der Waals surface area contributed by atoms with Crippen LogP contribution in [-0.2, 0) is 21.0 Å². The van der Waals surface area contributed by atoms with E-state index in [9.17, 15) is 13.2 Å². The second-order valence-electron chi connectivity index (χ2n) is 7.33. The van der Waals surface area contributed by atoms with E-state index in [0.717, 1.165) is 12.8 Å². The maximum Gasteiger partial charge on any atom is 0.317 e. The Bertz CT molecular complexity index is 779. The van der Waals surface area contributed by atoms with Crippen molar-refractivity contribution in [2.45, 2.75) is 30.1 Å². The van der Waals surface area contributed by atoms with E-state index in [4.69, 9.17) is 4.74 Å². The van der Waals surface area contributed by atoms with Gasteiger partial charge in [-0.25, -0.2) is 13.2 Å². The number of urea groups is 1. The third-order valence-corrected chi connectivity index (χ3v) is 8.21. The number of aryl methyl sites for hydroxylation is 1. The van der Waals surface area contributed by atoms with Crippen molar-refractivity contribution in [3.05, 3.63) is 35.4 Å². The van der Waals surface area contributed by atoms with Gasteiger partial charge in [0.1, 0.15) is 0 Å². The Morgan fingerprint density at radius 3 is 2.92 bits per heavy atom. The molecule has 7 heteroatoms. The van der Waals surface area contributed by atoms with Gasteiger partial charge in [0, 0.05) is 38.6 Å². The van der Waals surface area contributed by atoms with Crippen molar-refractivity contribution in [2.24, 2.45) is 5.92 Å². The van der Waals surface area contributed by atoms with Gasteiger partial charge in [0.15, 0.2) is 9.84 Å². The molecule has 2 aliphatic heterocycles. The summed E-state index contributed by atoms with van der Waals surface area (Å²) in [6, 6.07) is 8.21. The molecule has 1 aromatic rings. The van der Waals surface area contributed by atoms with Crippen LogP contribution in [0.1, 0.15) is 23.5 Å². The third-order valence-electron chi connectivity index (χ3n) is 5.99. The van der Waals surface area contributed by atoms with Gasteiger partial charge in [-0.15, -0.1) is 0 Å². The molecule has 0 radical (unpaired) electrons. The number of carbonyl (C=O) groups excluding carboxylic acids is 1. The molecule has 1 aromatic carbocycles. The van der Waals surface area contributed by atoms with Crippen LogP contribution in [0.5, 0.6) is 0 Å². The highest BCUT2D eigenvalue weighted by molar-refractivity contribution is 7.92. The number of rotatable bonds is 3. The Morgan fingerprint density at radius 2 is 2.12 bits per heavy atom. The number of sulfone groups is 1. The fourth-order valence-corrected chi connectivity index (χ4v) is 6.89. The van der Waals surface area contributed by atoms with E-state index in [0.29, 0.717) is 19.0 Å². The van der Waals surface area contributed by atoms with E-state index < -0.39 is 15.1 Å². The standard InChI is InChI=1S/C18H24N2O4S/c1-24-16-11-25(22,23)17-10-20(9-15(16)17)18(21)19-8-13-7-6-12-4-2-3-5-14(12)13/h2-5,13,15-17H,6-11H2,1H3,(H,19,21)/t13?,15-,16+,17-/m0/s1. The predicted molar refractivity (Wildman–Crippen MR) is 94.3 cm³/mol. The van der Waals surface area contributed by atoms with Gasteiger partial charge in [0.2, 0.25) is 0 Å². The lowest BCUT2D eigenvalue weighted by molar-refractivity contribution is 0.0821. The van der Waals surface area contributed by atoms with Crippen molar-refractivity contribution in [1.29, 1.82) is 0 Å². The molecule has 2 heterocycles. The number of likely N-dealkylation sites (tertiary alicyclic amines) is 1. The lowest BCUT2D eigenvalue weighted by Crippen LogP contribution is -2.42. The van der Waals surface area contributed by atoms with Crippen LogP contribution in [0.15, 0.2) is 24.3 Å². The van der Waals surface area contributed by atoms with Gasteiger partial charge in [-0.1, -0.05) is 24.3 Å². The number of carbonyl (C=O) groups is 1. The van der Waals surface area contributed by atoms with Crippen LogP contribution in [-0.4, -0.2) is 63.2 Å². The molecule has 2 fully saturated rings. The average Bonchev–Trinajstić information content (AvgIpc) is 3.27. The largest absolute Gasteiger partial charge is 0.380 e.